The standard InChI is InChI=1S/C15H21N3O3S/c1-11-5-6-15-14(8-11)12(9-13-4-3-7-17(13)2)10-18(15)16-22(19,20)21/h5-6,8,10,13,16H,3-4,7,9H2,1-2H3,(H,19,20,21)/t13-/m1/s1. The number of aromatic nitrogens is 1. The van der Waals surface area contributed by atoms with Crippen LogP contribution >= 0.6 is 0 Å². The van der Waals surface area contributed by atoms with Gasteiger partial charge in [0, 0.05) is 17.6 Å². The van der Waals surface area contributed by atoms with Gasteiger partial charge in [0.15, 0.2) is 0 Å². The molecule has 22 heavy (non-hydrogen) atoms. The van der Waals surface area contributed by atoms with Gasteiger partial charge in [-0.3, -0.25) is 9.23 Å². The molecule has 1 aromatic carbocycles. The number of likely N-dealkylation sites (tertiary alicyclic amines) is 1. The van der Waals surface area contributed by atoms with E-state index in [0.29, 0.717) is 6.04 Å². The quantitative estimate of drug-likeness (QED) is 0.843. The molecular weight excluding hydrogens is 302 g/mol. The lowest BCUT2D eigenvalue weighted by molar-refractivity contribution is 0.310. The highest BCUT2D eigenvalue weighted by atomic mass is 32.2. The molecule has 2 N–H and O–H groups in total. The summed E-state index contributed by atoms with van der Waals surface area (Å²) in [5.74, 6) is 0. The molecule has 1 aromatic heterocycles. The van der Waals surface area contributed by atoms with E-state index < -0.39 is 10.3 Å². The van der Waals surface area contributed by atoms with Crippen molar-refractivity contribution in [2.45, 2.75) is 32.2 Å². The van der Waals surface area contributed by atoms with E-state index in [1.54, 1.807) is 6.20 Å². The Morgan fingerprint density at radius 2 is 2.18 bits per heavy atom. The molecule has 2 heterocycles. The predicted molar refractivity (Wildman–Crippen MR) is 86.9 cm³/mol. The van der Waals surface area contributed by atoms with Crippen molar-refractivity contribution in [1.29, 1.82) is 0 Å². The minimum absolute atomic E-state index is 0.477. The first-order chi connectivity index (χ1) is 10.3. The highest BCUT2D eigenvalue weighted by Gasteiger charge is 2.23. The van der Waals surface area contributed by atoms with E-state index in [1.807, 2.05) is 19.1 Å². The molecule has 1 atom stereocenters. The second-order valence-electron chi connectivity index (χ2n) is 6.09. The van der Waals surface area contributed by atoms with E-state index in [9.17, 15) is 8.42 Å². The monoisotopic (exact) mass is 323 g/mol. The van der Waals surface area contributed by atoms with Gasteiger partial charge >= 0.3 is 10.3 Å². The number of nitrogens with one attached hydrogen (secondary N) is 1. The highest BCUT2D eigenvalue weighted by Crippen LogP contribution is 2.27. The molecule has 6 nitrogen and oxygen atoms in total. The maximum absolute atomic E-state index is 11.1. The summed E-state index contributed by atoms with van der Waals surface area (Å²) in [6, 6.07) is 6.33. The van der Waals surface area contributed by atoms with Gasteiger partial charge in [-0.25, -0.2) is 0 Å². The fourth-order valence-electron chi connectivity index (χ4n) is 3.27. The predicted octanol–water partition coefficient (Wildman–Crippen LogP) is 1.93. The second kappa shape index (κ2) is 5.57. The van der Waals surface area contributed by atoms with E-state index in [0.717, 1.165) is 41.4 Å². The molecule has 2 aromatic rings. The van der Waals surface area contributed by atoms with Crippen LogP contribution in [0.3, 0.4) is 0 Å². The molecule has 0 aliphatic carbocycles. The fraction of sp³-hybridized carbons (Fsp3) is 0.467. The van der Waals surface area contributed by atoms with Gasteiger partial charge < -0.3 is 4.90 Å². The molecule has 1 saturated heterocycles. The summed E-state index contributed by atoms with van der Waals surface area (Å²) < 4.78 is 32.7. The first kappa shape index (κ1) is 15.3. The van der Waals surface area contributed by atoms with Crippen molar-refractivity contribution >= 4 is 21.2 Å². The van der Waals surface area contributed by atoms with Gasteiger partial charge in [-0.2, -0.15) is 13.2 Å². The normalized spacial score (nSPS) is 19.9. The molecule has 0 bridgehead atoms. The number of aryl methyl sites for hydroxylation is 1. The van der Waals surface area contributed by atoms with Crippen molar-refractivity contribution in [3.8, 4) is 0 Å². The van der Waals surface area contributed by atoms with Gasteiger partial charge in [0.25, 0.3) is 0 Å². The smallest absolute Gasteiger partial charge is 0.303 e. The number of hydrogen-bond donors (Lipinski definition) is 2. The topological polar surface area (TPSA) is 74.6 Å². The van der Waals surface area contributed by atoms with E-state index in [1.165, 1.54) is 11.1 Å². The van der Waals surface area contributed by atoms with Gasteiger partial charge in [0.2, 0.25) is 0 Å². The lowest BCUT2D eigenvalue weighted by Crippen LogP contribution is -2.26. The first-order valence-electron chi connectivity index (χ1n) is 7.39. The highest BCUT2D eigenvalue weighted by molar-refractivity contribution is 7.86. The van der Waals surface area contributed by atoms with Crippen LogP contribution in [-0.2, 0) is 16.7 Å². The lowest BCUT2D eigenvalue weighted by Gasteiger charge is -2.18. The summed E-state index contributed by atoms with van der Waals surface area (Å²) in [7, 11) is -2.18. The van der Waals surface area contributed by atoms with Gasteiger partial charge in [-0.1, -0.05) is 11.6 Å². The fourth-order valence-corrected chi connectivity index (χ4v) is 3.67. The Morgan fingerprint density at radius 1 is 1.41 bits per heavy atom. The zero-order valence-electron chi connectivity index (χ0n) is 12.8. The molecule has 0 amide bonds. The summed E-state index contributed by atoms with van der Waals surface area (Å²) >= 11 is 0. The van der Waals surface area contributed by atoms with Crippen molar-refractivity contribution in [3.63, 3.8) is 0 Å². The Kier molecular flexibility index (Phi) is 3.88. The Morgan fingerprint density at radius 3 is 2.82 bits per heavy atom. The van der Waals surface area contributed by atoms with Crippen LogP contribution < -0.4 is 4.83 Å². The molecular formula is C15H21N3O3S. The van der Waals surface area contributed by atoms with Crippen molar-refractivity contribution < 1.29 is 13.0 Å². The lowest BCUT2D eigenvalue weighted by atomic mass is 10.0. The third kappa shape index (κ3) is 3.11. The van der Waals surface area contributed by atoms with Crippen LogP contribution in [0.15, 0.2) is 24.4 Å². The summed E-state index contributed by atoms with van der Waals surface area (Å²) in [4.78, 5) is 4.47. The minimum atomic E-state index is -4.30. The zero-order valence-corrected chi connectivity index (χ0v) is 13.6. The van der Waals surface area contributed by atoms with Gasteiger partial charge in [-0.15, -0.1) is 0 Å². The van der Waals surface area contributed by atoms with E-state index in [2.05, 4.69) is 22.8 Å². The largest absolute Gasteiger partial charge is 0.371 e. The number of nitrogens with zero attached hydrogens (tertiary/aromatic N) is 2. The Hall–Kier alpha value is -1.57. The first-order valence-corrected chi connectivity index (χ1v) is 8.83. The van der Waals surface area contributed by atoms with Crippen LogP contribution in [0.25, 0.3) is 10.9 Å². The van der Waals surface area contributed by atoms with E-state index >= 15 is 0 Å². The molecule has 0 spiro atoms. The summed E-state index contributed by atoms with van der Waals surface area (Å²) in [6.45, 7) is 3.12. The molecule has 7 heteroatoms. The number of fused-ring (bicyclic) bond motifs is 1. The molecule has 120 valence electrons. The second-order valence-corrected chi connectivity index (χ2v) is 7.22. The molecule has 3 rings (SSSR count). The maximum atomic E-state index is 11.1. The van der Waals surface area contributed by atoms with Crippen molar-refractivity contribution in [3.05, 3.63) is 35.5 Å². The number of benzene rings is 1. The van der Waals surface area contributed by atoms with Crippen molar-refractivity contribution in [2.24, 2.45) is 0 Å². The average molecular weight is 323 g/mol. The minimum Gasteiger partial charge on any atom is -0.303 e. The molecule has 1 fully saturated rings. The van der Waals surface area contributed by atoms with Crippen LogP contribution in [0.4, 0.5) is 0 Å². The van der Waals surface area contributed by atoms with Gasteiger partial charge in [-0.05, 0) is 57.5 Å². The third-order valence-electron chi connectivity index (χ3n) is 4.38. The van der Waals surface area contributed by atoms with Crippen LogP contribution in [0.2, 0.25) is 0 Å². The van der Waals surface area contributed by atoms with Crippen molar-refractivity contribution in [2.75, 3.05) is 18.4 Å². The number of hydrogen-bond acceptors (Lipinski definition) is 3. The molecule has 0 saturated carbocycles. The SMILES string of the molecule is Cc1ccc2c(c1)c(C[C@H]1CCCN1C)cn2NS(=O)(=O)O. The van der Waals surface area contributed by atoms with Gasteiger partial charge in [0.1, 0.15) is 0 Å². The third-order valence-corrected chi connectivity index (χ3v) is 4.81. The Balaban J connectivity index is 2.03. The zero-order chi connectivity index (χ0) is 15.9. The maximum Gasteiger partial charge on any atom is 0.371 e. The van der Waals surface area contributed by atoms with Crippen LogP contribution in [-0.4, -0.2) is 42.2 Å². The van der Waals surface area contributed by atoms with Gasteiger partial charge in [0.05, 0.1) is 5.52 Å². The molecule has 1 aliphatic rings. The summed E-state index contributed by atoms with van der Waals surface area (Å²) in [5.41, 5.74) is 2.96. The number of likely N-dealkylation sites (N-methyl/N-ethyl adjacent to an activating group) is 1. The molecule has 0 unspecified atom stereocenters. The summed E-state index contributed by atoms with van der Waals surface area (Å²) in [5, 5.41) is 1.02. The summed E-state index contributed by atoms with van der Waals surface area (Å²) in [6.07, 6.45) is 4.99. The van der Waals surface area contributed by atoms with Crippen molar-refractivity contribution in [1.82, 2.24) is 9.58 Å². The van der Waals surface area contributed by atoms with E-state index in [-0.39, 0.29) is 0 Å². The van der Waals surface area contributed by atoms with E-state index in [4.69, 9.17) is 4.55 Å². The Labute approximate surface area is 130 Å². The Bertz CT molecular complexity index is 798. The van der Waals surface area contributed by atoms with Crippen LogP contribution in [0.5, 0.6) is 0 Å². The molecule has 0 radical (unpaired) electrons. The number of rotatable bonds is 4. The average Bonchev–Trinajstić information content (AvgIpc) is 2.94. The van der Waals surface area contributed by atoms with Crippen LogP contribution in [0.1, 0.15) is 24.0 Å². The van der Waals surface area contributed by atoms with Crippen LogP contribution in [0, 0.1) is 6.92 Å². The molecule has 1 aliphatic heterocycles.